The zero-order valence-corrected chi connectivity index (χ0v) is 7.96. The molecule has 1 rings (SSSR count). The summed E-state index contributed by atoms with van der Waals surface area (Å²) in [4.78, 5) is 12.9. The molecule has 1 atom stereocenters. The highest BCUT2D eigenvalue weighted by Crippen LogP contribution is 2.26. The molecule has 70 valence electrons. The molecule has 12 heavy (non-hydrogen) atoms. The highest BCUT2D eigenvalue weighted by molar-refractivity contribution is 5.69. The number of hydrogen-bond donors (Lipinski definition) is 0. The highest BCUT2D eigenvalue weighted by Gasteiger charge is 2.42. The molecule has 1 aliphatic rings. The lowest BCUT2D eigenvalue weighted by Crippen LogP contribution is -2.47. The summed E-state index contributed by atoms with van der Waals surface area (Å²) in [6.45, 7) is 6.30. The van der Waals surface area contributed by atoms with E-state index in [0.717, 1.165) is 0 Å². The van der Waals surface area contributed by atoms with E-state index in [1.54, 1.807) is 4.90 Å². The lowest BCUT2D eigenvalue weighted by molar-refractivity contribution is 0.0347. The molecule has 0 N–H and O–H groups in total. The summed E-state index contributed by atoms with van der Waals surface area (Å²) in [6.07, 6.45) is -0.516. The fourth-order valence-electron chi connectivity index (χ4n) is 1.45. The molecular formula is C8H15NO3. The summed E-state index contributed by atoms with van der Waals surface area (Å²) in [5.74, 6) is 0. The van der Waals surface area contributed by atoms with Crippen LogP contribution in [0.3, 0.4) is 0 Å². The van der Waals surface area contributed by atoms with Crippen molar-refractivity contribution in [3.8, 4) is 0 Å². The normalized spacial score (nSPS) is 27.3. The number of rotatable bonds is 0. The molecule has 0 aromatic heterocycles. The fraction of sp³-hybridized carbons (Fsp3) is 0.875. The molecule has 1 fully saturated rings. The van der Waals surface area contributed by atoms with Crippen molar-refractivity contribution in [2.24, 2.45) is 0 Å². The van der Waals surface area contributed by atoms with Gasteiger partial charge in [0.15, 0.2) is 0 Å². The van der Waals surface area contributed by atoms with Crippen LogP contribution in [-0.2, 0) is 9.47 Å². The molecule has 0 radical (unpaired) electrons. The molecule has 1 amide bonds. The first-order valence-electron chi connectivity index (χ1n) is 3.98. The third-order valence-corrected chi connectivity index (χ3v) is 2.06. The Hall–Kier alpha value is -0.770. The predicted molar refractivity (Wildman–Crippen MR) is 43.7 cm³/mol. The topological polar surface area (TPSA) is 38.8 Å². The Balaban J connectivity index is 2.78. The van der Waals surface area contributed by atoms with Gasteiger partial charge in [0, 0.05) is 0 Å². The van der Waals surface area contributed by atoms with Crippen LogP contribution in [0.25, 0.3) is 0 Å². The maximum atomic E-state index is 11.3. The number of amides is 1. The molecule has 1 heterocycles. The minimum atomic E-state index is -0.329. The number of hydrogen-bond acceptors (Lipinski definition) is 3. The Bertz CT molecular complexity index is 191. The first kappa shape index (κ1) is 9.32. The van der Waals surface area contributed by atoms with Gasteiger partial charge >= 0.3 is 6.09 Å². The van der Waals surface area contributed by atoms with Crippen LogP contribution in [0.2, 0.25) is 0 Å². The van der Waals surface area contributed by atoms with Crippen molar-refractivity contribution in [2.45, 2.75) is 32.5 Å². The average molecular weight is 173 g/mol. The SMILES string of the molecule is COC(=O)N1C(C)OCC1(C)C. The molecule has 0 aliphatic carbocycles. The number of carbonyl (C=O) groups is 1. The molecular weight excluding hydrogens is 158 g/mol. The molecule has 0 spiro atoms. The van der Waals surface area contributed by atoms with E-state index in [2.05, 4.69) is 4.74 Å². The molecule has 0 aromatic rings. The van der Waals surface area contributed by atoms with Gasteiger partial charge < -0.3 is 9.47 Å². The maximum Gasteiger partial charge on any atom is 0.412 e. The van der Waals surface area contributed by atoms with Crippen LogP contribution in [0.4, 0.5) is 4.79 Å². The van der Waals surface area contributed by atoms with Crippen molar-refractivity contribution in [1.29, 1.82) is 0 Å². The van der Waals surface area contributed by atoms with Gasteiger partial charge in [0.1, 0.15) is 6.23 Å². The first-order chi connectivity index (χ1) is 5.49. The second-order valence-electron chi connectivity index (χ2n) is 3.56. The van der Waals surface area contributed by atoms with Crippen molar-refractivity contribution in [2.75, 3.05) is 13.7 Å². The quantitative estimate of drug-likeness (QED) is 0.552. The molecule has 4 heteroatoms. The smallest absolute Gasteiger partial charge is 0.412 e. The van der Waals surface area contributed by atoms with E-state index < -0.39 is 0 Å². The molecule has 0 saturated carbocycles. The Morgan fingerprint density at radius 2 is 2.25 bits per heavy atom. The average Bonchev–Trinajstić information content (AvgIpc) is 2.25. The Kier molecular flexibility index (Phi) is 2.28. The second kappa shape index (κ2) is 2.94. The zero-order chi connectivity index (χ0) is 9.35. The molecule has 1 aliphatic heterocycles. The van der Waals surface area contributed by atoms with E-state index in [-0.39, 0.29) is 17.9 Å². The Labute approximate surface area is 72.4 Å². The summed E-state index contributed by atoms with van der Waals surface area (Å²) in [5.41, 5.74) is -0.257. The van der Waals surface area contributed by atoms with Crippen LogP contribution in [0, 0.1) is 0 Å². The predicted octanol–water partition coefficient (Wildman–Crippen LogP) is 1.21. The number of methoxy groups -OCH3 is 1. The lowest BCUT2D eigenvalue weighted by atomic mass is 10.1. The van der Waals surface area contributed by atoms with Gasteiger partial charge in [0.2, 0.25) is 0 Å². The van der Waals surface area contributed by atoms with E-state index in [9.17, 15) is 4.79 Å². The van der Waals surface area contributed by atoms with Crippen molar-refractivity contribution < 1.29 is 14.3 Å². The standard InChI is InChI=1S/C8H15NO3/c1-6-9(7(10)11-4)8(2,3)5-12-6/h6H,5H2,1-4H3. The molecule has 0 bridgehead atoms. The third-order valence-electron chi connectivity index (χ3n) is 2.06. The van der Waals surface area contributed by atoms with Gasteiger partial charge in [0.25, 0.3) is 0 Å². The fourth-order valence-corrected chi connectivity index (χ4v) is 1.45. The van der Waals surface area contributed by atoms with E-state index in [4.69, 9.17) is 4.74 Å². The van der Waals surface area contributed by atoms with Gasteiger partial charge in [-0.05, 0) is 20.8 Å². The van der Waals surface area contributed by atoms with Gasteiger partial charge in [0.05, 0.1) is 19.3 Å². The van der Waals surface area contributed by atoms with Crippen LogP contribution in [0.15, 0.2) is 0 Å². The van der Waals surface area contributed by atoms with Gasteiger partial charge in [-0.25, -0.2) is 4.79 Å². The van der Waals surface area contributed by atoms with Gasteiger partial charge in [-0.15, -0.1) is 0 Å². The van der Waals surface area contributed by atoms with Crippen LogP contribution >= 0.6 is 0 Å². The summed E-state index contributed by atoms with van der Waals surface area (Å²) in [5, 5.41) is 0. The first-order valence-corrected chi connectivity index (χ1v) is 3.98. The third kappa shape index (κ3) is 1.39. The Morgan fingerprint density at radius 1 is 1.67 bits per heavy atom. The molecule has 0 aromatic carbocycles. The van der Waals surface area contributed by atoms with E-state index in [0.29, 0.717) is 6.61 Å². The lowest BCUT2D eigenvalue weighted by Gasteiger charge is -2.30. The zero-order valence-electron chi connectivity index (χ0n) is 7.96. The summed E-state index contributed by atoms with van der Waals surface area (Å²) in [6, 6.07) is 0. The number of ether oxygens (including phenoxy) is 2. The minimum absolute atomic E-state index is 0.188. The minimum Gasteiger partial charge on any atom is -0.453 e. The highest BCUT2D eigenvalue weighted by atomic mass is 16.6. The van der Waals surface area contributed by atoms with Gasteiger partial charge in [-0.3, -0.25) is 4.90 Å². The second-order valence-corrected chi connectivity index (χ2v) is 3.56. The molecule has 1 saturated heterocycles. The number of nitrogens with zero attached hydrogens (tertiary/aromatic N) is 1. The molecule has 1 unspecified atom stereocenters. The van der Waals surface area contributed by atoms with Gasteiger partial charge in [-0.2, -0.15) is 0 Å². The Morgan fingerprint density at radius 3 is 2.58 bits per heavy atom. The monoisotopic (exact) mass is 173 g/mol. The summed E-state index contributed by atoms with van der Waals surface area (Å²) < 4.78 is 9.98. The van der Waals surface area contributed by atoms with Crippen LogP contribution in [-0.4, -0.2) is 36.5 Å². The summed E-state index contributed by atoms with van der Waals surface area (Å²) in [7, 11) is 1.38. The number of carbonyl (C=O) groups excluding carboxylic acids is 1. The molecule has 4 nitrogen and oxygen atoms in total. The van der Waals surface area contributed by atoms with Crippen LogP contribution in [0.5, 0.6) is 0 Å². The van der Waals surface area contributed by atoms with Gasteiger partial charge in [-0.1, -0.05) is 0 Å². The van der Waals surface area contributed by atoms with E-state index in [1.165, 1.54) is 7.11 Å². The maximum absolute atomic E-state index is 11.3. The largest absolute Gasteiger partial charge is 0.453 e. The van der Waals surface area contributed by atoms with Crippen molar-refractivity contribution >= 4 is 6.09 Å². The van der Waals surface area contributed by atoms with Crippen LogP contribution in [0.1, 0.15) is 20.8 Å². The summed E-state index contributed by atoms with van der Waals surface area (Å²) >= 11 is 0. The van der Waals surface area contributed by atoms with Crippen molar-refractivity contribution in [3.63, 3.8) is 0 Å². The van der Waals surface area contributed by atoms with Crippen molar-refractivity contribution in [1.82, 2.24) is 4.90 Å². The van der Waals surface area contributed by atoms with E-state index in [1.807, 2.05) is 20.8 Å². The van der Waals surface area contributed by atoms with Crippen molar-refractivity contribution in [3.05, 3.63) is 0 Å². The van der Waals surface area contributed by atoms with E-state index >= 15 is 0 Å². The van der Waals surface area contributed by atoms with Crippen LogP contribution < -0.4 is 0 Å².